The molecule has 1 atom stereocenters. The highest BCUT2D eigenvalue weighted by Crippen LogP contribution is 2.15. The van der Waals surface area contributed by atoms with Gasteiger partial charge in [0.15, 0.2) is 0 Å². The van der Waals surface area contributed by atoms with Crippen LogP contribution in [0.1, 0.15) is 29.3 Å². The van der Waals surface area contributed by atoms with Gasteiger partial charge in [0.2, 0.25) is 0 Å². The highest BCUT2D eigenvalue weighted by atomic mass is 16.5. The molecule has 1 aromatic carbocycles. The molecule has 1 aromatic heterocycles. The Hall–Kier alpha value is -2.18. The largest absolute Gasteiger partial charge is 0.396 e. The number of carbonyl (C=O) groups is 1. The van der Waals surface area contributed by atoms with Gasteiger partial charge in [-0.1, -0.05) is 18.2 Å². The van der Waals surface area contributed by atoms with Crippen molar-refractivity contribution in [1.29, 1.82) is 0 Å². The van der Waals surface area contributed by atoms with Crippen LogP contribution in [0.25, 0.3) is 5.69 Å². The first-order chi connectivity index (χ1) is 11.0. The average molecular weight is 317 g/mol. The number of carbonyl (C=O) groups excluding carboxylic acids is 1. The predicted octanol–water partition coefficient (Wildman–Crippen LogP) is 1.70. The molecule has 0 bridgehead atoms. The lowest BCUT2D eigenvalue weighted by atomic mass is 9.99. The molecule has 0 aliphatic heterocycles. The Morgan fingerprint density at radius 1 is 1.43 bits per heavy atom. The van der Waals surface area contributed by atoms with Crippen molar-refractivity contribution in [3.63, 3.8) is 0 Å². The molecule has 1 unspecified atom stereocenters. The minimum absolute atomic E-state index is 0.0252. The number of hydrogen-bond donors (Lipinski definition) is 2. The van der Waals surface area contributed by atoms with Crippen LogP contribution >= 0.6 is 0 Å². The second kappa shape index (κ2) is 7.39. The standard InChI is InChI=1S/C17H23N3O3/c1-13-6-4-5-7-15(13)20-11-14(10-18-20)16(22)19-17(2,8-9-21)12-23-3/h4-7,10-11,21H,8-9,12H2,1-3H3,(H,19,22). The van der Waals surface area contributed by atoms with Crippen molar-refractivity contribution >= 4 is 5.91 Å². The molecule has 2 aromatic rings. The first kappa shape index (κ1) is 17.2. The van der Waals surface area contributed by atoms with Crippen LogP contribution in [0.5, 0.6) is 0 Å². The van der Waals surface area contributed by atoms with Crippen molar-refractivity contribution in [1.82, 2.24) is 15.1 Å². The second-order valence-corrected chi connectivity index (χ2v) is 5.88. The van der Waals surface area contributed by atoms with Gasteiger partial charge in [-0.3, -0.25) is 4.79 Å². The van der Waals surface area contributed by atoms with E-state index in [1.54, 1.807) is 18.0 Å². The van der Waals surface area contributed by atoms with Gasteiger partial charge >= 0.3 is 0 Å². The molecular formula is C17H23N3O3. The van der Waals surface area contributed by atoms with Gasteiger partial charge in [0, 0.05) is 19.9 Å². The molecule has 0 saturated carbocycles. The molecule has 0 aliphatic carbocycles. The third-order valence-electron chi connectivity index (χ3n) is 3.75. The molecule has 0 saturated heterocycles. The fraction of sp³-hybridized carbons (Fsp3) is 0.412. The number of nitrogens with zero attached hydrogens (tertiary/aromatic N) is 2. The van der Waals surface area contributed by atoms with Crippen molar-refractivity contribution in [2.24, 2.45) is 0 Å². The van der Waals surface area contributed by atoms with E-state index in [-0.39, 0.29) is 12.5 Å². The maximum atomic E-state index is 12.4. The van der Waals surface area contributed by atoms with Gasteiger partial charge in [-0.15, -0.1) is 0 Å². The molecule has 1 heterocycles. The second-order valence-electron chi connectivity index (χ2n) is 5.88. The summed E-state index contributed by atoms with van der Waals surface area (Å²) in [4.78, 5) is 12.4. The third-order valence-corrected chi connectivity index (χ3v) is 3.75. The Morgan fingerprint density at radius 2 is 2.17 bits per heavy atom. The Bertz CT molecular complexity index is 661. The van der Waals surface area contributed by atoms with Crippen LogP contribution in [0.15, 0.2) is 36.7 Å². The van der Waals surface area contributed by atoms with E-state index < -0.39 is 5.54 Å². The molecule has 23 heavy (non-hydrogen) atoms. The molecule has 0 fully saturated rings. The SMILES string of the molecule is COCC(C)(CCO)NC(=O)c1cnn(-c2ccccc2C)c1. The lowest BCUT2D eigenvalue weighted by Crippen LogP contribution is -2.50. The molecule has 6 heteroatoms. The lowest BCUT2D eigenvalue weighted by Gasteiger charge is -2.29. The Labute approximate surface area is 136 Å². The van der Waals surface area contributed by atoms with E-state index in [2.05, 4.69) is 10.4 Å². The van der Waals surface area contributed by atoms with Crippen molar-refractivity contribution in [2.75, 3.05) is 20.3 Å². The average Bonchev–Trinajstić information content (AvgIpc) is 2.97. The summed E-state index contributed by atoms with van der Waals surface area (Å²) in [6.07, 6.45) is 3.65. The Kier molecular flexibility index (Phi) is 5.52. The number of aryl methyl sites for hydroxylation is 1. The van der Waals surface area contributed by atoms with Crippen molar-refractivity contribution < 1.29 is 14.6 Å². The molecule has 0 aliphatic rings. The van der Waals surface area contributed by atoms with Gasteiger partial charge in [-0.05, 0) is 31.9 Å². The van der Waals surface area contributed by atoms with Crippen LogP contribution in [0, 0.1) is 6.92 Å². The summed E-state index contributed by atoms with van der Waals surface area (Å²) in [7, 11) is 1.57. The first-order valence-electron chi connectivity index (χ1n) is 7.52. The lowest BCUT2D eigenvalue weighted by molar-refractivity contribution is 0.0725. The smallest absolute Gasteiger partial charge is 0.254 e. The number of para-hydroxylation sites is 1. The number of rotatable bonds is 7. The molecule has 0 spiro atoms. The van der Waals surface area contributed by atoms with E-state index in [4.69, 9.17) is 4.74 Å². The van der Waals surface area contributed by atoms with Crippen LogP contribution in [0.2, 0.25) is 0 Å². The van der Waals surface area contributed by atoms with Crippen molar-refractivity contribution in [3.8, 4) is 5.69 Å². The number of methoxy groups -OCH3 is 1. The number of amides is 1. The van der Waals surface area contributed by atoms with E-state index in [0.717, 1.165) is 11.3 Å². The molecule has 2 N–H and O–H groups in total. The fourth-order valence-corrected chi connectivity index (χ4v) is 2.47. The molecule has 0 radical (unpaired) electrons. The fourth-order valence-electron chi connectivity index (χ4n) is 2.47. The van der Waals surface area contributed by atoms with E-state index in [1.165, 1.54) is 6.20 Å². The van der Waals surface area contributed by atoms with Gasteiger partial charge in [-0.2, -0.15) is 5.10 Å². The van der Waals surface area contributed by atoms with Gasteiger partial charge in [-0.25, -0.2) is 4.68 Å². The maximum absolute atomic E-state index is 12.4. The summed E-state index contributed by atoms with van der Waals surface area (Å²) in [5.41, 5.74) is 1.85. The molecular weight excluding hydrogens is 294 g/mol. The minimum Gasteiger partial charge on any atom is -0.396 e. The summed E-state index contributed by atoms with van der Waals surface area (Å²) < 4.78 is 6.82. The Morgan fingerprint density at radius 3 is 2.83 bits per heavy atom. The van der Waals surface area contributed by atoms with E-state index >= 15 is 0 Å². The molecule has 124 valence electrons. The van der Waals surface area contributed by atoms with Crippen LogP contribution in [0.3, 0.4) is 0 Å². The first-order valence-corrected chi connectivity index (χ1v) is 7.52. The number of aliphatic hydroxyl groups is 1. The van der Waals surface area contributed by atoms with E-state index in [9.17, 15) is 9.90 Å². The summed E-state index contributed by atoms with van der Waals surface area (Å²) in [6.45, 7) is 4.14. The molecule has 1 amide bonds. The third kappa shape index (κ3) is 4.18. The van der Waals surface area contributed by atoms with Gasteiger partial charge in [0.25, 0.3) is 5.91 Å². The number of hydrogen-bond acceptors (Lipinski definition) is 4. The highest BCUT2D eigenvalue weighted by molar-refractivity contribution is 5.94. The highest BCUT2D eigenvalue weighted by Gasteiger charge is 2.27. The molecule has 2 rings (SSSR count). The number of aliphatic hydroxyl groups excluding tert-OH is 1. The summed E-state index contributed by atoms with van der Waals surface area (Å²) in [5.74, 6) is -0.238. The zero-order valence-corrected chi connectivity index (χ0v) is 13.7. The quantitative estimate of drug-likeness (QED) is 0.815. The van der Waals surface area contributed by atoms with Gasteiger partial charge in [0.05, 0.1) is 29.6 Å². The molecule has 6 nitrogen and oxygen atoms in total. The topological polar surface area (TPSA) is 76.4 Å². The number of aromatic nitrogens is 2. The van der Waals surface area contributed by atoms with Crippen LogP contribution < -0.4 is 5.32 Å². The summed E-state index contributed by atoms with van der Waals surface area (Å²) >= 11 is 0. The van der Waals surface area contributed by atoms with E-state index in [0.29, 0.717) is 18.6 Å². The normalized spacial score (nSPS) is 13.6. The number of nitrogens with one attached hydrogen (secondary N) is 1. The van der Waals surface area contributed by atoms with Crippen LogP contribution in [-0.2, 0) is 4.74 Å². The number of benzene rings is 1. The van der Waals surface area contributed by atoms with Gasteiger partial charge in [0.1, 0.15) is 0 Å². The van der Waals surface area contributed by atoms with Gasteiger partial charge < -0.3 is 15.2 Å². The Balaban J connectivity index is 2.17. The zero-order valence-electron chi connectivity index (χ0n) is 13.7. The van der Waals surface area contributed by atoms with E-state index in [1.807, 2.05) is 38.1 Å². The van der Waals surface area contributed by atoms with Crippen LogP contribution in [0.4, 0.5) is 0 Å². The maximum Gasteiger partial charge on any atom is 0.254 e. The summed E-state index contributed by atoms with van der Waals surface area (Å²) in [6, 6.07) is 7.83. The number of ether oxygens (including phenoxy) is 1. The van der Waals surface area contributed by atoms with Crippen molar-refractivity contribution in [3.05, 3.63) is 47.8 Å². The predicted molar refractivity (Wildman–Crippen MR) is 87.8 cm³/mol. The summed E-state index contributed by atoms with van der Waals surface area (Å²) in [5, 5.41) is 16.4. The van der Waals surface area contributed by atoms with Crippen molar-refractivity contribution in [2.45, 2.75) is 25.8 Å². The monoisotopic (exact) mass is 317 g/mol. The zero-order chi connectivity index (χ0) is 16.9. The minimum atomic E-state index is -0.620. The van der Waals surface area contributed by atoms with Crippen LogP contribution in [-0.4, -0.2) is 46.7 Å².